The molecule has 2 fully saturated rings. The van der Waals surface area contributed by atoms with Gasteiger partial charge < -0.3 is 15.0 Å². The van der Waals surface area contributed by atoms with Crippen molar-refractivity contribution in [3.8, 4) is 5.75 Å². The number of rotatable bonds is 5. The van der Waals surface area contributed by atoms with Crippen molar-refractivity contribution in [3.63, 3.8) is 0 Å². The van der Waals surface area contributed by atoms with Crippen LogP contribution in [0.25, 0.3) is 0 Å². The zero-order chi connectivity index (χ0) is 24.1. The molecule has 0 radical (unpaired) electrons. The monoisotopic (exact) mass is 474 g/mol. The third kappa shape index (κ3) is 3.85. The van der Waals surface area contributed by atoms with Crippen LogP contribution in [0.5, 0.6) is 5.75 Å². The molecule has 6 rings (SSSR count). The van der Waals surface area contributed by atoms with Crippen molar-refractivity contribution in [2.24, 2.45) is 0 Å². The number of ether oxygens (including phenoxy) is 1. The quantitative estimate of drug-likeness (QED) is 0.631. The Hall–Kier alpha value is -3.72. The summed E-state index contributed by atoms with van der Waals surface area (Å²) in [5.74, 6) is -1.09. The van der Waals surface area contributed by atoms with E-state index in [2.05, 4.69) is 27.7 Å². The summed E-state index contributed by atoms with van der Waals surface area (Å²) in [6, 6.07) is 10.6. The van der Waals surface area contributed by atoms with E-state index in [4.69, 9.17) is 4.74 Å². The lowest BCUT2D eigenvalue weighted by molar-refractivity contribution is -0.136. The Labute approximate surface area is 202 Å². The third-order valence-corrected chi connectivity index (χ3v) is 7.20. The molecule has 9 nitrogen and oxygen atoms in total. The van der Waals surface area contributed by atoms with Crippen molar-refractivity contribution < 1.29 is 23.9 Å². The molecule has 2 aromatic carbocycles. The van der Waals surface area contributed by atoms with Crippen molar-refractivity contribution in [2.45, 2.75) is 44.4 Å². The van der Waals surface area contributed by atoms with Gasteiger partial charge in [-0.05, 0) is 48.6 Å². The number of fused-ring (bicyclic) bond motifs is 2. The Balaban J connectivity index is 1.23. The van der Waals surface area contributed by atoms with Crippen LogP contribution < -0.4 is 20.3 Å². The van der Waals surface area contributed by atoms with Crippen LogP contribution in [-0.2, 0) is 22.6 Å². The van der Waals surface area contributed by atoms with Crippen molar-refractivity contribution >= 4 is 29.3 Å². The van der Waals surface area contributed by atoms with Crippen LogP contribution in [-0.4, -0.2) is 60.3 Å². The number of carbonyl (C=O) groups excluding carboxylic acids is 4. The highest BCUT2D eigenvalue weighted by atomic mass is 16.5. The zero-order valence-electron chi connectivity index (χ0n) is 19.2. The number of nitrogens with zero attached hydrogens (tertiary/aromatic N) is 2. The van der Waals surface area contributed by atoms with Gasteiger partial charge in [0.15, 0.2) is 0 Å². The number of piperidine rings is 1. The molecule has 35 heavy (non-hydrogen) atoms. The molecule has 2 N–H and O–H groups in total. The minimum absolute atomic E-state index is 0.104. The maximum absolute atomic E-state index is 13.2. The highest BCUT2D eigenvalue weighted by Gasteiger charge is 2.44. The van der Waals surface area contributed by atoms with E-state index in [1.165, 1.54) is 5.56 Å². The fraction of sp³-hybridized carbons (Fsp3) is 0.385. The molecule has 9 heteroatoms. The van der Waals surface area contributed by atoms with E-state index in [-0.39, 0.29) is 24.9 Å². The second kappa shape index (κ2) is 8.49. The third-order valence-electron chi connectivity index (χ3n) is 7.20. The van der Waals surface area contributed by atoms with Gasteiger partial charge in [-0.1, -0.05) is 12.1 Å². The first-order chi connectivity index (χ1) is 17.0. The summed E-state index contributed by atoms with van der Waals surface area (Å²) in [5.41, 5.74) is 3.93. The Morgan fingerprint density at radius 1 is 0.943 bits per heavy atom. The largest absolute Gasteiger partial charge is 0.488 e. The van der Waals surface area contributed by atoms with Gasteiger partial charge in [0.2, 0.25) is 11.8 Å². The van der Waals surface area contributed by atoms with Gasteiger partial charge in [0.05, 0.1) is 11.1 Å². The molecule has 2 aromatic rings. The Morgan fingerprint density at radius 2 is 1.77 bits per heavy atom. The number of anilines is 1. The minimum atomic E-state index is -0.957. The van der Waals surface area contributed by atoms with Crippen LogP contribution in [0.2, 0.25) is 0 Å². The lowest BCUT2D eigenvalue weighted by atomic mass is 9.99. The number of hydrogen-bond acceptors (Lipinski definition) is 7. The molecule has 4 amide bonds. The van der Waals surface area contributed by atoms with Crippen LogP contribution in [0.1, 0.15) is 51.1 Å². The smallest absolute Gasteiger partial charge is 0.262 e. The summed E-state index contributed by atoms with van der Waals surface area (Å²) < 4.78 is 6.06. The maximum atomic E-state index is 13.2. The molecular weight excluding hydrogens is 448 g/mol. The second-order valence-corrected chi connectivity index (χ2v) is 9.54. The van der Waals surface area contributed by atoms with Gasteiger partial charge in [-0.25, -0.2) is 0 Å². The molecule has 1 unspecified atom stereocenters. The molecule has 4 aliphatic rings. The van der Waals surface area contributed by atoms with E-state index in [0.29, 0.717) is 17.7 Å². The van der Waals surface area contributed by atoms with Crippen molar-refractivity contribution in [3.05, 3.63) is 58.7 Å². The standard InChI is InChI=1S/C26H26N4O5/c31-23-8-7-21(24(32)28-23)30-25(33)19-6-3-15(10-20(19)26(30)34)14-29-9-1-2-16-4-5-17(11-22(16)29)35-18-12-27-13-18/h3-6,10-11,18,21,27H,1-2,7-9,12-14H2,(H,28,31,32). The molecule has 0 aliphatic carbocycles. The molecule has 2 saturated heterocycles. The fourth-order valence-electron chi connectivity index (χ4n) is 5.24. The van der Waals surface area contributed by atoms with Gasteiger partial charge >= 0.3 is 0 Å². The van der Waals surface area contributed by atoms with Gasteiger partial charge in [0.1, 0.15) is 17.9 Å². The lowest BCUT2D eigenvalue weighted by Crippen LogP contribution is -2.54. The molecule has 0 bridgehead atoms. The van der Waals surface area contributed by atoms with Crippen LogP contribution >= 0.6 is 0 Å². The molecule has 0 saturated carbocycles. The number of aryl methyl sites for hydroxylation is 1. The highest BCUT2D eigenvalue weighted by Crippen LogP contribution is 2.34. The van der Waals surface area contributed by atoms with Gasteiger partial charge in [-0.15, -0.1) is 0 Å². The number of imide groups is 2. The molecule has 180 valence electrons. The average Bonchev–Trinajstić information content (AvgIpc) is 3.06. The Morgan fingerprint density at radius 3 is 2.54 bits per heavy atom. The summed E-state index contributed by atoms with van der Waals surface area (Å²) in [4.78, 5) is 53.2. The van der Waals surface area contributed by atoms with Gasteiger partial charge in [0, 0.05) is 44.4 Å². The Kier molecular flexibility index (Phi) is 5.29. The topological polar surface area (TPSA) is 108 Å². The minimum Gasteiger partial charge on any atom is -0.488 e. The van der Waals surface area contributed by atoms with Crippen molar-refractivity contribution in [1.29, 1.82) is 0 Å². The number of hydrogen-bond donors (Lipinski definition) is 2. The number of nitrogens with one attached hydrogen (secondary N) is 2. The molecule has 4 heterocycles. The first-order valence-corrected chi connectivity index (χ1v) is 12.1. The number of carbonyl (C=O) groups is 4. The van der Waals surface area contributed by atoms with Gasteiger partial charge in [-0.3, -0.25) is 29.4 Å². The summed E-state index contributed by atoms with van der Waals surface area (Å²) in [5, 5.41) is 5.44. The van der Waals surface area contributed by atoms with E-state index >= 15 is 0 Å². The first-order valence-electron chi connectivity index (χ1n) is 12.1. The number of amides is 4. The average molecular weight is 475 g/mol. The van der Waals surface area contributed by atoms with E-state index in [1.807, 2.05) is 12.1 Å². The lowest BCUT2D eigenvalue weighted by Gasteiger charge is -2.33. The first kappa shape index (κ1) is 21.8. The Bertz CT molecular complexity index is 1250. The van der Waals surface area contributed by atoms with E-state index < -0.39 is 23.8 Å². The molecule has 0 spiro atoms. The molecule has 0 aromatic heterocycles. The summed E-state index contributed by atoms with van der Waals surface area (Å²) in [6.07, 6.45) is 2.50. The second-order valence-electron chi connectivity index (χ2n) is 9.54. The predicted octanol–water partition coefficient (Wildman–Crippen LogP) is 1.39. The maximum Gasteiger partial charge on any atom is 0.262 e. The van der Waals surface area contributed by atoms with Gasteiger partial charge in [-0.2, -0.15) is 0 Å². The molecular formula is C26H26N4O5. The van der Waals surface area contributed by atoms with Crippen LogP contribution in [0, 0.1) is 0 Å². The van der Waals surface area contributed by atoms with Crippen LogP contribution in [0.4, 0.5) is 5.69 Å². The van der Waals surface area contributed by atoms with E-state index in [9.17, 15) is 19.2 Å². The van der Waals surface area contributed by atoms with Crippen LogP contribution in [0.15, 0.2) is 36.4 Å². The van der Waals surface area contributed by atoms with Crippen molar-refractivity contribution in [1.82, 2.24) is 15.5 Å². The summed E-state index contributed by atoms with van der Waals surface area (Å²) in [7, 11) is 0. The van der Waals surface area contributed by atoms with Gasteiger partial charge in [0.25, 0.3) is 11.8 Å². The highest BCUT2D eigenvalue weighted by molar-refractivity contribution is 6.23. The normalized spacial score (nSPS) is 22.0. The zero-order valence-corrected chi connectivity index (χ0v) is 19.2. The molecule has 4 aliphatic heterocycles. The predicted molar refractivity (Wildman–Crippen MR) is 126 cm³/mol. The van der Waals surface area contributed by atoms with Crippen molar-refractivity contribution in [2.75, 3.05) is 24.5 Å². The number of benzene rings is 2. The fourth-order valence-corrected chi connectivity index (χ4v) is 5.24. The summed E-state index contributed by atoms with van der Waals surface area (Å²) >= 11 is 0. The van der Waals surface area contributed by atoms with E-state index in [1.54, 1.807) is 12.1 Å². The van der Waals surface area contributed by atoms with Crippen LogP contribution in [0.3, 0.4) is 0 Å². The summed E-state index contributed by atoms with van der Waals surface area (Å²) in [6.45, 7) is 3.19. The SMILES string of the molecule is O=C1CCC(N2C(=O)c3ccc(CN4CCCc5ccc(OC6CNC6)cc54)cc3C2=O)C(=O)N1. The molecule has 1 atom stereocenters. The van der Waals surface area contributed by atoms with E-state index in [0.717, 1.165) is 54.4 Å².